The molecule has 30 heavy (non-hydrogen) atoms. The average molecular weight is 415 g/mol. The second-order valence-electron chi connectivity index (χ2n) is 6.41. The molecule has 10 heteroatoms. The lowest BCUT2D eigenvalue weighted by Crippen LogP contribution is -2.20. The molecule has 10 nitrogen and oxygen atoms in total. The topological polar surface area (TPSA) is 140 Å². The summed E-state index contributed by atoms with van der Waals surface area (Å²) >= 11 is 0. The summed E-state index contributed by atoms with van der Waals surface area (Å²) in [6.07, 6.45) is 0. The lowest BCUT2D eigenvalue weighted by Gasteiger charge is -2.18. The lowest BCUT2D eigenvalue weighted by atomic mass is 9.89. The Morgan fingerprint density at radius 3 is 2.23 bits per heavy atom. The van der Waals surface area contributed by atoms with Gasteiger partial charge < -0.3 is 19.3 Å². The van der Waals surface area contributed by atoms with Gasteiger partial charge in [-0.1, -0.05) is 12.1 Å². The molecule has 1 atom stereocenters. The molecule has 0 saturated heterocycles. The van der Waals surface area contributed by atoms with Crippen molar-refractivity contribution in [1.29, 1.82) is 0 Å². The van der Waals surface area contributed by atoms with Gasteiger partial charge in [-0.25, -0.2) is 0 Å². The van der Waals surface area contributed by atoms with Gasteiger partial charge in [-0.05, 0) is 29.8 Å². The SMILES string of the molecule is COc1cc(C(C[N+](=O)[O-])c2c(-c3ccccc3O)[nH][nH]c2=O)cc(OC)c1OC. The summed E-state index contributed by atoms with van der Waals surface area (Å²) in [4.78, 5) is 23.7. The predicted molar refractivity (Wildman–Crippen MR) is 108 cm³/mol. The van der Waals surface area contributed by atoms with Crippen molar-refractivity contribution in [3.63, 3.8) is 0 Å². The average Bonchev–Trinajstić information content (AvgIpc) is 3.11. The zero-order valence-corrected chi connectivity index (χ0v) is 16.6. The number of hydrogen-bond donors (Lipinski definition) is 3. The van der Waals surface area contributed by atoms with Crippen LogP contribution in [0, 0.1) is 10.1 Å². The lowest BCUT2D eigenvalue weighted by molar-refractivity contribution is -0.481. The Bertz CT molecular complexity index is 1090. The molecule has 0 saturated carbocycles. The number of nitrogens with zero attached hydrogens (tertiary/aromatic N) is 1. The molecule has 3 N–H and O–H groups in total. The normalized spacial score (nSPS) is 11.7. The van der Waals surface area contributed by atoms with Gasteiger partial charge in [0.2, 0.25) is 12.3 Å². The highest BCUT2D eigenvalue weighted by atomic mass is 16.6. The summed E-state index contributed by atoms with van der Waals surface area (Å²) in [5.74, 6) is -0.0999. The van der Waals surface area contributed by atoms with E-state index >= 15 is 0 Å². The van der Waals surface area contributed by atoms with Crippen LogP contribution < -0.4 is 19.8 Å². The minimum atomic E-state index is -0.960. The molecule has 1 heterocycles. The molecule has 1 unspecified atom stereocenters. The zero-order chi connectivity index (χ0) is 21.8. The van der Waals surface area contributed by atoms with Gasteiger partial charge in [0.15, 0.2) is 11.5 Å². The fourth-order valence-corrected chi connectivity index (χ4v) is 3.41. The second-order valence-corrected chi connectivity index (χ2v) is 6.41. The Balaban J connectivity index is 2.26. The molecule has 0 amide bonds. The first kappa shape index (κ1) is 20.8. The van der Waals surface area contributed by atoms with Gasteiger partial charge in [0.25, 0.3) is 5.56 Å². The minimum absolute atomic E-state index is 0.0706. The van der Waals surface area contributed by atoms with E-state index in [0.29, 0.717) is 28.4 Å². The van der Waals surface area contributed by atoms with E-state index in [4.69, 9.17) is 14.2 Å². The van der Waals surface area contributed by atoms with Crippen LogP contribution in [0.5, 0.6) is 23.0 Å². The van der Waals surface area contributed by atoms with Crippen LogP contribution >= 0.6 is 0 Å². The van der Waals surface area contributed by atoms with Gasteiger partial charge in [0, 0.05) is 10.5 Å². The number of aromatic amines is 2. The summed E-state index contributed by atoms with van der Waals surface area (Å²) in [5.41, 5.74) is 0.602. The second kappa shape index (κ2) is 8.60. The predicted octanol–water partition coefficient (Wildman–Crippen LogP) is 2.51. The number of phenolic OH excluding ortho intramolecular Hbond substituents is 1. The Morgan fingerprint density at radius 2 is 1.70 bits per heavy atom. The molecule has 0 aliphatic rings. The number of aromatic hydroxyl groups is 1. The van der Waals surface area contributed by atoms with Crippen molar-refractivity contribution in [2.45, 2.75) is 5.92 Å². The van der Waals surface area contributed by atoms with E-state index in [0.717, 1.165) is 0 Å². The van der Waals surface area contributed by atoms with E-state index in [2.05, 4.69) is 10.2 Å². The number of H-pyrrole nitrogens is 2. The number of rotatable bonds is 8. The number of ether oxygens (including phenoxy) is 3. The highest BCUT2D eigenvalue weighted by Gasteiger charge is 2.30. The van der Waals surface area contributed by atoms with Gasteiger partial charge in [-0.2, -0.15) is 0 Å². The molecule has 3 aromatic rings. The van der Waals surface area contributed by atoms with Crippen molar-refractivity contribution < 1.29 is 24.2 Å². The van der Waals surface area contributed by atoms with Crippen molar-refractivity contribution in [2.24, 2.45) is 0 Å². The Kier molecular flexibility index (Phi) is 5.95. The molecule has 0 aliphatic carbocycles. The fraction of sp³-hybridized carbons (Fsp3) is 0.250. The minimum Gasteiger partial charge on any atom is -0.507 e. The first-order valence-electron chi connectivity index (χ1n) is 8.91. The summed E-state index contributed by atoms with van der Waals surface area (Å²) in [5, 5.41) is 26.9. The van der Waals surface area contributed by atoms with Crippen LogP contribution in [0.15, 0.2) is 41.2 Å². The number of aromatic nitrogens is 2. The van der Waals surface area contributed by atoms with Gasteiger partial charge >= 0.3 is 0 Å². The first-order valence-corrected chi connectivity index (χ1v) is 8.91. The number of methoxy groups -OCH3 is 3. The number of para-hydroxylation sites is 1. The Morgan fingerprint density at radius 1 is 1.07 bits per heavy atom. The monoisotopic (exact) mass is 415 g/mol. The standard InChI is InChI=1S/C20H21N3O7/c1-28-15-8-11(9-16(29-2)19(15)30-3)13(10-23(26)27)17-18(21-22-20(17)25)12-6-4-5-7-14(12)24/h4-9,13,24H,10H2,1-3H3,(H2,21,22,25). The summed E-state index contributed by atoms with van der Waals surface area (Å²) < 4.78 is 16.0. The molecular weight excluding hydrogens is 394 g/mol. The van der Waals surface area contributed by atoms with Gasteiger partial charge in [-0.3, -0.25) is 25.1 Å². The number of phenols is 1. The smallest absolute Gasteiger partial charge is 0.268 e. The van der Waals surface area contributed by atoms with Crippen LogP contribution in [0.3, 0.4) is 0 Å². The van der Waals surface area contributed by atoms with E-state index in [1.54, 1.807) is 30.3 Å². The number of nitrogens with one attached hydrogen (secondary N) is 2. The summed E-state index contributed by atoms with van der Waals surface area (Å²) in [6.45, 7) is -0.569. The third-order valence-electron chi connectivity index (χ3n) is 4.76. The van der Waals surface area contributed by atoms with Crippen LogP contribution in [0.2, 0.25) is 0 Å². The van der Waals surface area contributed by atoms with E-state index in [1.807, 2.05) is 0 Å². The van der Waals surface area contributed by atoms with Crippen LogP contribution in [-0.2, 0) is 0 Å². The van der Waals surface area contributed by atoms with E-state index < -0.39 is 22.9 Å². The molecule has 0 spiro atoms. The van der Waals surface area contributed by atoms with Crippen LogP contribution in [0.4, 0.5) is 0 Å². The zero-order valence-electron chi connectivity index (χ0n) is 16.6. The Labute approximate surface area is 171 Å². The first-order chi connectivity index (χ1) is 14.4. The van der Waals surface area contributed by atoms with Gasteiger partial charge in [0.1, 0.15) is 5.75 Å². The molecule has 0 aliphatic heterocycles. The summed E-state index contributed by atoms with van der Waals surface area (Å²) in [7, 11) is 4.31. The van der Waals surface area contributed by atoms with Crippen molar-refractivity contribution >= 4 is 0 Å². The van der Waals surface area contributed by atoms with Gasteiger partial charge in [0.05, 0.1) is 38.5 Å². The molecule has 2 aromatic carbocycles. The maximum absolute atomic E-state index is 12.7. The van der Waals surface area contributed by atoms with E-state index in [9.17, 15) is 20.0 Å². The highest BCUT2D eigenvalue weighted by molar-refractivity contribution is 5.70. The van der Waals surface area contributed by atoms with Crippen LogP contribution in [0.1, 0.15) is 17.0 Å². The van der Waals surface area contributed by atoms with Crippen molar-refractivity contribution in [3.8, 4) is 34.3 Å². The van der Waals surface area contributed by atoms with Gasteiger partial charge in [-0.15, -0.1) is 0 Å². The third kappa shape index (κ3) is 3.79. The van der Waals surface area contributed by atoms with Crippen molar-refractivity contribution in [2.75, 3.05) is 27.9 Å². The third-order valence-corrected chi connectivity index (χ3v) is 4.76. The van der Waals surface area contributed by atoms with Crippen LogP contribution in [0.25, 0.3) is 11.3 Å². The molecule has 3 rings (SSSR count). The maximum atomic E-state index is 12.7. The number of benzene rings is 2. The van der Waals surface area contributed by atoms with Crippen molar-refractivity contribution in [3.05, 3.63) is 68.0 Å². The summed E-state index contributed by atoms with van der Waals surface area (Å²) in [6, 6.07) is 9.53. The Hall–Kier alpha value is -3.95. The molecule has 0 radical (unpaired) electrons. The molecule has 0 bridgehead atoms. The number of nitro groups is 1. The van der Waals surface area contributed by atoms with Crippen LogP contribution in [-0.4, -0.2) is 48.1 Å². The quantitative estimate of drug-likeness (QED) is 0.379. The van der Waals surface area contributed by atoms with E-state index in [1.165, 1.54) is 27.4 Å². The molecular formula is C20H21N3O7. The van der Waals surface area contributed by atoms with E-state index in [-0.39, 0.29) is 17.0 Å². The molecule has 1 aromatic heterocycles. The largest absolute Gasteiger partial charge is 0.507 e. The fourth-order valence-electron chi connectivity index (χ4n) is 3.41. The highest BCUT2D eigenvalue weighted by Crippen LogP contribution is 2.42. The maximum Gasteiger partial charge on any atom is 0.268 e. The number of hydrogen-bond acceptors (Lipinski definition) is 7. The molecule has 0 fully saturated rings. The molecule has 158 valence electrons. The van der Waals surface area contributed by atoms with Crippen molar-refractivity contribution in [1.82, 2.24) is 10.2 Å².